The summed E-state index contributed by atoms with van der Waals surface area (Å²) in [7, 11) is 0. The second-order valence-electron chi connectivity index (χ2n) is 10.2. The van der Waals surface area contributed by atoms with Crippen LogP contribution in [0.25, 0.3) is 0 Å². The predicted molar refractivity (Wildman–Crippen MR) is 139 cm³/mol. The highest BCUT2D eigenvalue weighted by molar-refractivity contribution is 5.96. The molecule has 2 fully saturated rings. The van der Waals surface area contributed by atoms with Gasteiger partial charge in [0.25, 0.3) is 5.91 Å². The van der Waals surface area contributed by atoms with E-state index < -0.39 is 17.6 Å². The summed E-state index contributed by atoms with van der Waals surface area (Å²) in [5, 5.41) is 5.27. The maximum atomic E-state index is 12.9. The lowest BCUT2D eigenvalue weighted by Gasteiger charge is -2.46. The number of rotatable bonds is 9. The monoisotopic (exact) mass is 545 g/mol. The van der Waals surface area contributed by atoms with E-state index in [1.807, 2.05) is 12.1 Å². The van der Waals surface area contributed by atoms with Crippen molar-refractivity contribution in [3.05, 3.63) is 70.8 Å². The number of alkyl halides is 3. The number of esters is 1. The maximum Gasteiger partial charge on any atom is 0.416 e. The van der Waals surface area contributed by atoms with Crippen molar-refractivity contribution in [3.8, 4) is 0 Å². The maximum absolute atomic E-state index is 12.9. The van der Waals surface area contributed by atoms with E-state index >= 15 is 0 Å². The van der Waals surface area contributed by atoms with Gasteiger partial charge in [-0.05, 0) is 67.9 Å². The largest absolute Gasteiger partial charge is 0.466 e. The highest BCUT2D eigenvalue weighted by Gasteiger charge is 2.35. The van der Waals surface area contributed by atoms with Crippen molar-refractivity contribution in [2.24, 2.45) is 0 Å². The van der Waals surface area contributed by atoms with Crippen LogP contribution in [0.3, 0.4) is 0 Å². The summed E-state index contributed by atoms with van der Waals surface area (Å²) in [4.78, 5) is 38.5. The van der Waals surface area contributed by atoms with Crippen molar-refractivity contribution < 1.29 is 32.3 Å². The molecule has 0 aromatic heterocycles. The summed E-state index contributed by atoms with van der Waals surface area (Å²) in [6.45, 7) is 3.37. The van der Waals surface area contributed by atoms with E-state index in [2.05, 4.69) is 27.7 Å². The number of nitrogens with zero attached hydrogens (tertiary/aromatic N) is 1. The van der Waals surface area contributed by atoms with Gasteiger partial charge in [-0.15, -0.1) is 0 Å². The fraction of sp³-hybridized carbons (Fsp3) is 0.483. The Labute approximate surface area is 226 Å². The van der Waals surface area contributed by atoms with Gasteiger partial charge in [0.05, 0.1) is 31.2 Å². The lowest BCUT2D eigenvalue weighted by molar-refractivity contribution is -0.142. The highest BCUT2D eigenvalue weighted by atomic mass is 19.4. The first-order valence-electron chi connectivity index (χ1n) is 13.4. The van der Waals surface area contributed by atoms with Gasteiger partial charge in [0.15, 0.2) is 0 Å². The molecule has 0 spiro atoms. The number of carbonyl (C=O) groups is 3. The second kappa shape index (κ2) is 12.6. The van der Waals surface area contributed by atoms with Crippen molar-refractivity contribution in [1.29, 1.82) is 0 Å². The van der Waals surface area contributed by atoms with E-state index in [9.17, 15) is 27.6 Å². The second-order valence-corrected chi connectivity index (χ2v) is 10.2. The van der Waals surface area contributed by atoms with Crippen LogP contribution in [-0.2, 0) is 26.9 Å². The molecular weight excluding hydrogens is 511 g/mol. The molecule has 1 saturated carbocycles. The molecule has 4 rings (SSSR count). The Morgan fingerprint density at radius 3 is 2.33 bits per heavy atom. The van der Waals surface area contributed by atoms with Gasteiger partial charge in [-0.2, -0.15) is 13.2 Å². The molecular formula is C29H34F3N3O4. The Morgan fingerprint density at radius 2 is 1.69 bits per heavy atom. The van der Waals surface area contributed by atoms with E-state index in [0.717, 1.165) is 56.5 Å². The summed E-state index contributed by atoms with van der Waals surface area (Å²) in [6, 6.07) is 12.8. The quantitative estimate of drug-likeness (QED) is 0.464. The fourth-order valence-corrected chi connectivity index (χ4v) is 5.34. The molecule has 0 unspecified atom stereocenters. The van der Waals surface area contributed by atoms with Crippen LogP contribution >= 0.6 is 0 Å². The van der Waals surface area contributed by atoms with Crippen LogP contribution in [-0.4, -0.2) is 61.0 Å². The molecule has 1 aliphatic heterocycles. The summed E-state index contributed by atoms with van der Waals surface area (Å²) in [6.07, 6.45) is 0.0523. The van der Waals surface area contributed by atoms with E-state index in [1.54, 1.807) is 6.92 Å². The molecule has 0 atom stereocenters. The van der Waals surface area contributed by atoms with E-state index in [0.29, 0.717) is 18.6 Å². The minimum atomic E-state index is -4.54. The molecule has 2 N–H and O–H groups in total. The SMILES string of the molecule is CCOC(=O)Cc1ccc(C2CCC(N3CC(NC(=O)CNC(=O)c4cccc(C(F)(F)F)c4)C3)CC2)cc1. The van der Waals surface area contributed by atoms with Crippen LogP contribution in [0.15, 0.2) is 48.5 Å². The molecule has 2 amide bonds. The molecule has 210 valence electrons. The normalized spacial score (nSPS) is 20.1. The number of amides is 2. The van der Waals surface area contributed by atoms with Crippen LogP contribution in [0.2, 0.25) is 0 Å². The van der Waals surface area contributed by atoms with Crippen molar-refractivity contribution >= 4 is 17.8 Å². The molecule has 0 bridgehead atoms. The Bertz CT molecular complexity index is 1160. The van der Waals surface area contributed by atoms with Gasteiger partial charge >= 0.3 is 12.1 Å². The molecule has 1 heterocycles. The third kappa shape index (κ3) is 7.81. The van der Waals surface area contributed by atoms with E-state index in [-0.39, 0.29) is 36.4 Å². The van der Waals surface area contributed by atoms with Gasteiger partial charge in [0.2, 0.25) is 5.91 Å². The summed E-state index contributed by atoms with van der Waals surface area (Å²) < 4.78 is 43.6. The fourth-order valence-electron chi connectivity index (χ4n) is 5.34. The average molecular weight is 546 g/mol. The van der Waals surface area contributed by atoms with Gasteiger partial charge in [0.1, 0.15) is 0 Å². The van der Waals surface area contributed by atoms with Gasteiger partial charge < -0.3 is 15.4 Å². The Kier molecular flexibility index (Phi) is 9.27. The van der Waals surface area contributed by atoms with Crippen molar-refractivity contribution in [2.75, 3.05) is 26.2 Å². The Morgan fingerprint density at radius 1 is 1.00 bits per heavy atom. The zero-order chi connectivity index (χ0) is 28.0. The van der Waals surface area contributed by atoms with Crippen LogP contribution in [0.1, 0.15) is 65.6 Å². The van der Waals surface area contributed by atoms with Crippen LogP contribution in [0.5, 0.6) is 0 Å². The third-order valence-electron chi connectivity index (χ3n) is 7.45. The number of benzene rings is 2. The number of nitrogens with one attached hydrogen (secondary N) is 2. The molecule has 1 aliphatic carbocycles. The molecule has 2 aromatic carbocycles. The zero-order valence-corrected chi connectivity index (χ0v) is 21.9. The number of ether oxygens (including phenoxy) is 1. The molecule has 7 nitrogen and oxygen atoms in total. The van der Waals surface area contributed by atoms with Crippen LogP contribution < -0.4 is 10.6 Å². The molecule has 2 aliphatic rings. The number of hydrogen-bond donors (Lipinski definition) is 2. The Balaban J connectivity index is 1.14. The van der Waals surface area contributed by atoms with Gasteiger partial charge in [0, 0.05) is 24.7 Å². The summed E-state index contributed by atoms with van der Waals surface area (Å²) in [5.74, 6) is -0.809. The van der Waals surface area contributed by atoms with Crippen molar-refractivity contribution in [2.45, 2.75) is 63.2 Å². The van der Waals surface area contributed by atoms with E-state index in [1.165, 1.54) is 17.7 Å². The van der Waals surface area contributed by atoms with Crippen LogP contribution in [0, 0.1) is 0 Å². The molecule has 1 saturated heterocycles. The lowest BCUT2D eigenvalue weighted by atomic mass is 9.80. The Hall–Kier alpha value is -3.40. The summed E-state index contributed by atoms with van der Waals surface area (Å²) in [5.41, 5.74) is 1.19. The summed E-state index contributed by atoms with van der Waals surface area (Å²) >= 11 is 0. The minimum Gasteiger partial charge on any atom is -0.466 e. The zero-order valence-electron chi connectivity index (χ0n) is 21.9. The molecule has 10 heteroatoms. The topological polar surface area (TPSA) is 87.7 Å². The number of hydrogen-bond acceptors (Lipinski definition) is 5. The third-order valence-corrected chi connectivity index (χ3v) is 7.45. The van der Waals surface area contributed by atoms with Gasteiger partial charge in [-0.25, -0.2) is 0 Å². The number of halogens is 3. The first kappa shape index (κ1) is 28.6. The predicted octanol–water partition coefficient (Wildman–Crippen LogP) is 4.07. The molecule has 2 aromatic rings. The van der Waals surface area contributed by atoms with E-state index in [4.69, 9.17) is 4.74 Å². The number of carbonyl (C=O) groups excluding carboxylic acids is 3. The van der Waals surface area contributed by atoms with Crippen molar-refractivity contribution in [3.63, 3.8) is 0 Å². The lowest BCUT2D eigenvalue weighted by Crippen LogP contribution is -2.63. The van der Waals surface area contributed by atoms with Gasteiger partial charge in [-0.3, -0.25) is 19.3 Å². The first-order chi connectivity index (χ1) is 18.6. The van der Waals surface area contributed by atoms with Gasteiger partial charge in [-0.1, -0.05) is 30.3 Å². The highest BCUT2D eigenvalue weighted by Crippen LogP contribution is 2.36. The standard InChI is InChI=1S/C29H34F3N3O4/c1-2-39-27(37)14-19-6-8-20(9-7-19)21-10-12-25(13-11-21)35-17-24(18-35)34-26(36)16-33-28(38)22-4-3-5-23(15-22)29(30,31)32/h3-9,15,21,24-25H,2,10-14,16-18H2,1H3,(H,33,38)(H,34,36). The number of likely N-dealkylation sites (tertiary alicyclic amines) is 1. The molecule has 0 radical (unpaired) electrons. The minimum absolute atomic E-state index is 0.00683. The first-order valence-corrected chi connectivity index (χ1v) is 13.4. The molecule has 39 heavy (non-hydrogen) atoms. The van der Waals surface area contributed by atoms with Crippen molar-refractivity contribution in [1.82, 2.24) is 15.5 Å². The van der Waals surface area contributed by atoms with Crippen LogP contribution in [0.4, 0.5) is 13.2 Å². The smallest absolute Gasteiger partial charge is 0.416 e. The average Bonchev–Trinajstić information content (AvgIpc) is 2.89.